The molecule has 1 aromatic rings. The number of piperidine rings is 1. The van der Waals surface area contributed by atoms with E-state index in [9.17, 15) is 4.79 Å². The standard InChI is InChI=1S/C20H31N3O/c1-22(13-14-23-11-3-2-4-12-23)20(24)19-9-7-18(8-10-19)16-21-15-17-5-6-17/h7-10,17,21H,2-6,11-16H2,1H3. The molecule has 0 aromatic heterocycles. The molecule has 132 valence electrons. The van der Waals surface area contributed by atoms with Crippen LogP contribution in [0, 0.1) is 5.92 Å². The third kappa shape index (κ3) is 5.32. The van der Waals surface area contributed by atoms with E-state index in [-0.39, 0.29) is 5.91 Å². The Balaban J connectivity index is 1.42. The normalized spacial score (nSPS) is 18.5. The number of likely N-dealkylation sites (N-methyl/N-ethyl adjacent to an activating group) is 1. The minimum absolute atomic E-state index is 0.129. The van der Waals surface area contributed by atoms with Crippen LogP contribution in [0.5, 0.6) is 0 Å². The highest BCUT2D eigenvalue weighted by Gasteiger charge is 2.20. The lowest BCUT2D eigenvalue weighted by atomic mass is 10.1. The maximum absolute atomic E-state index is 12.5. The van der Waals surface area contributed by atoms with Gasteiger partial charge in [-0.25, -0.2) is 0 Å². The fourth-order valence-electron chi connectivity index (χ4n) is 3.30. The molecule has 4 heteroatoms. The monoisotopic (exact) mass is 329 g/mol. The van der Waals surface area contributed by atoms with Gasteiger partial charge in [0.05, 0.1) is 0 Å². The molecule has 0 spiro atoms. The second-order valence-corrected chi connectivity index (χ2v) is 7.40. The Hall–Kier alpha value is -1.39. The van der Waals surface area contributed by atoms with Crippen molar-refractivity contribution < 1.29 is 4.79 Å². The van der Waals surface area contributed by atoms with Crippen molar-refractivity contribution in [2.75, 3.05) is 39.8 Å². The Bertz CT molecular complexity index is 518. The lowest BCUT2D eigenvalue weighted by Gasteiger charge is -2.28. The van der Waals surface area contributed by atoms with Gasteiger partial charge in [0, 0.05) is 32.2 Å². The molecule has 1 aliphatic carbocycles. The number of amides is 1. The summed E-state index contributed by atoms with van der Waals surface area (Å²) in [7, 11) is 1.91. The third-order valence-corrected chi connectivity index (χ3v) is 5.21. The first-order valence-corrected chi connectivity index (χ1v) is 9.50. The van der Waals surface area contributed by atoms with Crippen molar-refractivity contribution in [3.05, 3.63) is 35.4 Å². The van der Waals surface area contributed by atoms with Crippen molar-refractivity contribution in [2.45, 2.75) is 38.6 Å². The van der Waals surface area contributed by atoms with Crippen molar-refractivity contribution in [3.63, 3.8) is 0 Å². The van der Waals surface area contributed by atoms with Crippen LogP contribution in [-0.4, -0.2) is 55.5 Å². The quantitative estimate of drug-likeness (QED) is 0.796. The predicted molar refractivity (Wildman–Crippen MR) is 98.1 cm³/mol. The molecule has 1 aromatic carbocycles. The van der Waals surface area contributed by atoms with Gasteiger partial charge in [0.25, 0.3) is 5.91 Å². The van der Waals surface area contributed by atoms with Crippen molar-refractivity contribution >= 4 is 5.91 Å². The molecule has 3 rings (SSSR count). The summed E-state index contributed by atoms with van der Waals surface area (Å²) in [5.74, 6) is 1.03. The molecule has 1 saturated carbocycles. The number of hydrogen-bond donors (Lipinski definition) is 1. The number of rotatable bonds is 8. The van der Waals surface area contributed by atoms with Crippen LogP contribution < -0.4 is 5.32 Å². The summed E-state index contributed by atoms with van der Waals surface area (Å²) in [5.41, 5.74) is 2.05. The summed E-state index contributed by atoms with van der Waals surface area (Å²) in [6, 6.07) is 8.08. The molecular formula is C20H31N3O. The van der Waals surface area contributed by atoms with Gasteiger partial charge in [-0.15, -0.1) is 0 Å². The SMILES string of the molecule is CN(CCN1CCCCC1)C(=O)c1ccc(CNCC2CC2)cc1. The first kappa shape index (κ1) is 17.4. The average Bonchev–Trinajstić information content (AvgIpc) is 3.45. The Morgan fingerprint density at radius 2 is 1.88 bits per heavy atom. The van der Waals surface area contributed by atoms with E-state index in [4.69, 9.17) is 0 Å². The van der Waals surface area contributed by atoms with Gasteiger partial charge >= 0.3 is 0 Å². The van der Waals surface area contributed by atoms with E-state index in [1.807, 2.05) is 24.1 Å². The van der Waals surface area contributed by atoms with E-state index >= 15 is 0 Å². The predicted octanol–water partition coefficient (Wildman–Crippen LogP) is 2.74. The largest absolute Gasteiger partial charge is 0.340 e. The van der Waals surface area contributed by atoms with Crippen LogP contribution in [0.3, 0.4) is 0 Å². The molecule has 2 aliphatic rings. The molecule has 0 radical (unpaired) electrons. The Labute approximate surface area is 146 Å². The summed E-state index contributed by atoms with van der Waals surface area (Å²) in [6.07, 6.45) is 6.71. The topological polar surface area (TPSA) is 35.6 Å². The minimum Gasteiger partial charge on any atom is -0.340 e. The number of nitrogens with one attached hydrogen (secondary N) is 1. The second kappa shape index (κ2) is 8.63. The molecule has 1 N–H and O–H groups in total. The number of carbonyl (C=O) groups is 1. The van der Waals surface area contributed by atoms with Crippen molar-refractivity contribution in [2.24, 2.45) is 5.92 Å². The molecule has 24 heavy (non-hydrogen) atoms. The summed E-state index contributed by atoms with van der Waals surface area (Å²) in [5, 5.41) is 3.49. The van der Waals surface area contributed by atoms with E-state index in [0.29, 0.717) is 0 Å². The Morgan fingerprint density at radius 3 is 2.54 bits per heavy atom. The van der Waals surface area contributed by atoms with E-state index in [1.165, 1.54) is 50.8 Å². The van der Waals surface area contributed by atoms with Gasteiger partial charge in [-0.1, -0.05) is 18.6 Å². The smallest absolute Gasteiger partial charge is 0.253 e. The molecular weight excluding hydrogens is 298 g/mol. The highest BCUT2D eigenvalue weighted by molar-refractivity contribution is 5.94. The minimum atomic E-state index is 0.129. The highest BCUT2D eigenvalue weighted by atomic mass is 16.2. The van der Waals surface area contributed by atoms with E-state index < -0.39 is 0 Å². The van der Waals surface area contributed by atoms with E-state index in [1.54, 1.807) is 0 Å². The molecule has 4 nitrogen and oxygen atoms in total. The molecule has 0 atom stereocenters. The highest BCUT2D eigenvalue weighted by Crippen LogP contribution is 2.27. The van der Waals surface area contributed by atoms with Crippen LogP contribution in [-0.2, 0) is 6.54 Å². The lowest BCUT2D eigenvalue weighted by molar-refractivity contribution is 0.0773. The number of nitrogens with zero attached hydrogens (tertiary/aromatic N) is 2. The fraction of sp³-hybridized carbons (Fsp3) is 0.650. The van der Waals surface area contributed by atoms with Crippen LogP contribution in [0.1, 0.15) is 48.0 Å². The lowest BCUT2D eigenvalue weighted by Crippen LogP contribution is -2.38. The molecule has 0 bridgehead atoms. The molecule has 1 amide bonds. The van der Waals surface area contributed by atoms with Gasteiger partial charge < -0.3 is 15.1 Å². The first-order valence-electron chi connectivity index (χ1n) is 9.50. The van der Waals surface area contributed by atoms with Gasteiger partial charge in [-0.2, -0.15) is 0 Å². The van der Waals surface area contributed by atoms with Gasteiger partial charge in [0.1, 0.15) is 0 Å². The first-order chi connectivity index (χ1) is 11.7. The van der Waals surface area contributed by atoms with Gasteiger partial charge in [0.2, 0.25) is 0 Å². The molecule has 1 saturated heterocycles. The number of carbonyl (C=O) groups excluding carboxylic acids is 1. The number of likely N-dealkylation sites (tertiary alicyclic amines) is 1. The van der Waals surface area contributed by atoms with Gasteiger partial charge in [0.15, 0.2) is 0 Å². The molecule has 1 aliphatic heterocycles. The van der Waals surface area contributed by atoms with Crippen LogP contribution in [0.15, 0.2) is 24.3 Å². The van der Waals surface area contributed by atoms with Crippen LogP contribution in [0.25, 0.3) is 0 Å². The maximum Gasteiger partial charge on any atom is 0.253 e. The number of hydrogen-bond acceptors (Lipinski definition) is 3. The zero-order chi connectivity index (χ0) is 16.8. The number of benzene rings is 1. The molecule has 0 unspecified atom stereocenters. The van der Waals surface area contributed by atoms with Crippen LogP contribution in [0.4, 0.5) is 0 Å². The van der Waals surface area contributed by atoms with E-state index in [0.717, 1.165) is 37.7 Å². The third-order valence-electron chi connectivity index (χ3n) is 5.21. The van der Waals surface area contributed by atoms with Gasteiger partial charge in [-0.05, 0) is 68.9 Å². The van der Waals surface area contributed by atoms with Crippen molar-refractivity contribution in [1.82, 2.24) is 15.1 Å². The fourth-order valence-corrected chi connectivity index (χ4v) is 3.30. The zero-order valence-electron chi connectivity index (χ0n) is 15.0. The second-order valence-electron chi connectivity index (χ2n) is 7.40. The van der Waals surface area contributed by atoms with E-state index in [2.05, 4.69) is 22.3 Å². The summed E-state index contributed by atoms with van der Waals surface area (Å²) >= 11 is 0. The van der Waals surface area contributed by atoms with Crippen molar-refractivity contribution in [3.8, 4) is 0 Å². The summed E-state index contributed by atoms with van der Waals surface area (Å²) < 4.78 is 0. The molecule has 2 fully saturated rings. The summed E-state index contributed by atoms with van der Waals surface area (Å²) in [6.45, 7) is 6.19. The zero-order valence-corrected chi connectivity index (χ0v) is 15.0. The van der Waals surface area contributed by atoms with Crippen molar-refractivity contribution in [1.29, 1.82) is 0 Å². The van der Waals surface area contributed by atoms with Crippen LogP contribution >= 0.6 is 0 Å². The van der Waals surface area contributed by atoms with Crippen LogP contribution in [0.2, 0.25) is 0 Å². The Morgan fingerprint density at radius 1 is 1.17 bits per heavy atom. The Kier molecular flexibility index (Phi) is 6.27. The maximum atomic E-state index is 12.5. The summed E-state index contributed by atoms with van der Waals surface area (Å²) in [4.78, 5) is 16.9. The molecule has 1 heterocycles. The van der Waals surface area contributed by atoms with Gasteiger partial charge in [-0.3, -0.25) is 4.79 Å². The average molecular weight is 329 g/mol.